The number of allylic oxidation sites excluding steroid dienone is 3. The minimum absolute atomic E-state index is 0.00215. The first-order valence-corrected chi connectivity index (χ1v) is 13.0. The summed E-state index contributed by atoms with van der Waals surface area (Å²) in [5.74, 6) is 2.30. The molecule has 0 atom stereocenters. The zero-order valence-electron chi connectivity index (χ0n) is 19.3. The monoisotopic (exact) mass is 478 g/mol. The Labute approximate surface area is 201 Å². The molecule has 0 saturated carbocycles. The summed E-state index contributed by atoms with van der Waals surface area (Å²) in [6.07, 6.45) is 1.13. The van der Waals surface area contributed by atoms with Crippen molar-refractivity contribution in [3.63, 3.8) is 0 Å². The predicted molar refractivity (Wildman–Crippen MR) is 134 cm³/mol. The molecule has 170 valence electrons. The van der Waals surface area contributed by atoms with E-state index in [1.165, 1.54) is 7.11 Å². The van der Waals surface area contributed by atoms with Gasteiger partial charge in [0, 0.05) is 18.8 Å². The Balaban J connectivity index is 2.28. The van der Waals surface area contributed by atoms with Gasteiger partial charge >= 0.3 is 0 Å². The van der Waals surface area contributed by atoms with Gasteiger partial charge < -0.3 is 9.47 Å². The Morgan fingerprint density at radius 2 is 1.48 bits per heavy atom. The summed E-state index contributed by atoms with van der Waals surface area (Å²) in [4.78, 5) is 25.6. The highest BCUT2D eigenvalue weighted by Gasteiger charge is 2.47. The molecule has 1 aliphatic rings. The largest absolute Gasteiger partial charge is 0.359 e. The van der Waals surface area contributed by atoms with E-state index < -0.39 is 13.9 Å². The summed E-state index contributed by atoms with van der Waals surface area (Å²) >= 11 is 6.09. The van der Waals surface area contributed by atoms with Crippen LogP contribution in [-0.4, -0.2) is 40.1 Å². The molecule has 0 aromatic heterocycles. The first-order chi connectivity index (χ1) is 15.7. The van der Waals surface area contributed by atoms with Gasteiger partial charge in [-0.3, -0.25) is 9.59 Å². The highest BCUT2D eigenvalue weighted by molar-refractivity contribution is 7.10. The summed E-state index contributed by atoms with van der Waals surface area (Å²) in [6, 6.07) is 20.4. The van der Waals surface area contributed by atoms with Crippen LogP contribution in [0.1, 0.15) is 20.8 Å². The molecule has 3 rings (SSSR count). The van der Waals surface area contributed by atoms with E-state index >= 15 is 0 Å². The first-order valence-electron chi connectivity index (χ1n) is 10.6. The Morgan fingerprint density at radius 1 is 0.939 bits per heavy atom. The average molecular weight is 479 g/mol. The minimum atomic E-state index is -2.76. The molecule has 0 amide bonds. The van der Waals surface area contributed by atoms with E-state index in [0.717, 1.165) is 16.4 Å². The molecule has 0 heterocycles. The number of hydrogen-bond acceptors (Lipinski definition) is 4. The summed E-state index contributed by atoms with van der Waals surface area (Å²) in [7, 11) is -1.27. The van der Waals surface area contributed by atoms with E-state index in [4.69, 9.17) is 21.1 Å². The second-order valence-electron chi connectivity index (χ2n) is 8.78. The van der Waals surface area contributed by atoms with Crippen LogP contribution in [0.3, 0.4) is 0 Å². The SMILES string of the molecule is COCOCC1=C(C#C[Si](c2ccccc2)(c2ccccc2)C(C)(C)C)C(=O)C(Cl)=CC1=O. The molecule has 0 bridgehead atoms. The van der Waals surface area contributed by atoms with E-state index in [2.05, 4.69) is 56.5 Å². The molecule has 0 N–H and O–H groups in total. The Kier molecular flexibility index (Phi) is 7.88. The highest BCUT2D eigenvalue weighted by atomic mass is 35.5. The van der Waals surface area contributed by atoms with Gasteiger partial charge in [0.2, 0.25) is 13.9 Å². The number of ether oxygens (including phenoxy) is 2. The van der Waals surface area contributed by atoms with Crippen LogP contribution in [0.5, 0.6) is 0 Å². The van der Waals surface area contributed by atoms with Crippen molar-refractivity contribution in [3.8, 4) is 11.5 Å². The average Bonchev–Trinajstić information content (AvgIpc) is 2.79. The second-order valence-corrected chi connectivity index (χ2v) is 13.6. The Bertz CT molecular complexity index is 1110. The van der Waals surface area contributed by atoms with Crippen LogP contribution in [0.2, 0.25) is 5.04 Å². The molecule has 0 saturated heterocycles. The molecule has 0 radical (unpaired) electrons. The lowest BCUT2D eigenvalue weighted by atomic mass is 9.96. The molecule has 2 aromatic carbocycles. The van der Waals surface area contributed by atoms with E-state index in [1.807, 2.05) is 36.4 Å². The number of halogens is 1. The molecular weight excluding hydrogens is 452 g/mol. The quantitative estimate of drug-likeness (QED) is 0.208. The summed E-state index contributed by atoms with van der Waals surface area (Å²) < 4.78 is 10.3. The molecule has 2 aromatic rings. The third kappa shape index (κ3) is 5.10. The van der Waals surface area contributed by atoms with Crippen molar-refractivity contribution in [3.05, 3.63) is 82.9 Å². The minimum Gasteiger partial charge on any atom is -0.359 e. The highest BCUT2D eigenvalue weighted by Crippen LogP contribution is 2.35. The van der Waals surface area contributed by atoms with Gasteiger partial charge in [-0.15, -0.1) is 5.54 Å². The van der Waals surface area contributed by atoms with Crippen LogP contribution in [0, 0.1) is 11.5 Å². The van der Waals surface area contributed by atoms with E-state index in [0.29, 0.717) is 0 Å². The maximum Gasteiger partial charge on any atom is 0.213 e. The molecule has 4 nitrogen and oxygen atoms in total. The fourth-order valence-corrected chi connectivity index (χ4v) is 8.67. The number of methoxy groups -OCH3 is 1. The summed E-state index contributed by atoms with van der Waals surface area (Å²) in [5, 5.41) is 1.90. The molecule has 1 aliphatic carbocycles. The zero-order chi connectivity index (χ0) is 24.1. The number of carbonyl (C=O) groups excluding carboxylic acids is 2. The maximum atomic E-state index is 13.0. The van der Waals surface area contributed by atoms with Gasteiger partial charge in [-0.05, 0) is 15.4 Å². The number of benzene rings is 2. The van der Waals surface area contributed by atoms with E-state index in [1.54, 1.807) is 0 Å². The molecule has 0 aliphatic heterocycles. The second kappa shape index (κ2) is 10.5. The fourth-order valence-electron chi connectivity index (χ4n) is 4.05. The Hall–Kier alpha value is -2.75. The van der Waals surface area contributed by atoms with Gasteiger partial charge in [0.15, 0.2) is 5.78 Å². The third-order valence-corrected chi connectivity index (χ3v) is 11.1. The lowest BCUT2D eigenvalue weighted by Crippen LogP contribution is -2.63. The topological polar surface area (TPSA) is 52.6 Å². The molecule has 33 heavy (non-hydrogen) atoms. The lowest BCUT2D eigenvalue weighted by molar-refractivity contribution is -0.116. The standard InChI is InChI=1S/C27H27ClO4Si/c1-27(2,3)33(20-11-7-5-8-12-20,21-13-9-6-10-14-21)16-15-22-23(18-32-19-31-4)25(29)17-24(28)26(22)30/h5-14,17H,18-19H2,1-4H3. The smallest absolute Gasteiger partial charge is 0.213 e. The van der Waals surface area contributed by atoms with Crippen LogP contribution in [0.25, 0.3) is 0 Å². The number of carbonyl (C=O) groups is 2. The van der Waals surface area contributed by atoms with E-state index in [9.17, 15) is 9.59 Å². The van der Waals surface area contributed by atoms with Gasteiger partial charge in [0.05, 0.1) is 17.2 Å². The molecule has 0 spiro atoms. The lowest BCUT2D eigenvalue weighted by Gasteiger charge is -2.39. The third-order valence-electron chi connectivity index (χ3n) is 5.66. The number of ketones is 2. The van der Waals surface area contributed by atoms with Crippen molar-refractivity contribution < 1.29 is 19.1 Å². The van der Waals surface area contributed by atoms with Crippen molar-refractivity contribution in [2.75, 3.05) is 20.5 Å². The molecule has 6 heteroatoms. The van der Waals surface area contributed by atoms with Gasteiger partial charge in [0.25, 0.3) is 0 Å². The van der Waals surface area contributed by atoms with Crippen molar-refractivity contribution in [2.45, 2.75) is 25.8 Å². The summed E-state index contributed by atoms with van der Waals surface area (Å²) in [6.45, 7) is 6.44. The van der Waals surface area contributed by atoms with Crippen LogP contribution >= 0.6 is 11.6 Å². The normalized spacial score (nSPS) is 14.6. The van der Waals surface area contributed by atoms with Crippen LogP contribution in [-0.2, 0) is 19.1 Å². The van der Waals surface area contributed by atoms with Gasteiger partial charge in [-0.2, -0.15) is 0 Å². The van der Waals surface area contributed by atoms with E-state index in [-0.39, 0.29) is 40.4 Å². The van der Waals surface area contributed by atoms with Gasteiger partial charge in [0.1, 0.15) is 6.79 Å². The first kappa shape index (κ1) is 24.9. The van der Waals surface area contributed by atoms with Gasteiger partial charge in [-0.1, -0.05) is 99.0 Å². The van der Waals surface area contributed by atoms with Crippen molar-refractivity contribution in [1.29, 1.82) is 0 Å². The van der Waals surface area contributed by atoms with Crippen molar-refractivity contribution >= 4 is 41.6 Å². The Morgan fingerprint density at radius 3 is 1.97 bits per heavy atom. The molecular formula is C27H27ClO4Si. The predicted octanol–water partition coefficient (Wildman–Crippen LogP) is 3.78. The van der Waals surface area contributed by atoms with Crippen LogP contribution in [0.4, 0.5) is 0 Å². The van der Waals surface area contributed by atoms with Crippen LogP contribution in [0.15, 0.2) is 82.9 Å². The maximum absolute atomic E-state index is 13.0. The van der Waals surface area contributed by atoms with Gasteiger partial charge in [-0.25, -0.2) is 0 Å². The zero-order valence-corrected chi connectivity index (χ0v) is 21.0. The van der Waals surface area contributed by atoms with Crippen molar-refractivity contribution in [2.24, 2.45) is 0 Å². The number of Topliss-reactive ketones (excluding diaryl/α,β-unsaturated/α-hetero) is 1. The van der Waals surface area contributed by atoms with Crippen molar-refractivity contribution in [1.82, 2.24) is 0 Å². The summed E-state index contributed by atoms with van der Waals surface area (Å²) in [5.41, 5.74) is 3.85. The molecule has 0 unspecified atom stereocenters. The fraction of sp³-hybridized carbons (Fsp3) is 0.259. The number of rotatable bonds is 6. The van der Waals surface area contributed by atoms with Crippen LogP contribution < -0.4 is 10.4 Å². The number of hydrogen-bond donors (Lipinski definition) is 0. The molecule has 0 fully saturated rings.